The summed E-state index contributed by atoms with van der Waals surface area (Å²) in [5, 5.41) is 0. The van der Waals surface area contributed by atoms with Gasteiger partial charge in [-0.25, -0.2) is 27.4 Å². The fourth-order valence-electron chi connectivity index (χ4n) is 19.8. The van der Waals surface area contributed by atoms with Crippen LogP contribution in [0.5, 0.6) is 0 Å². The van der Waals surface area contributed by atoms with Crippen molar-refractivity contribution < 1.29 is 80.8 Å². The van der Waals surface area contributed by atoms with Crippen molar-refractivity contribution in [1.29, 1.82) is 0 Å². The summed E-state index contributed by atoms with van der Waals surface area (Å²) in [6.07, 6.45) is 138. The lowest BCUT2D eigenvalue weighted by molar-refractivity contribution is -0.673. The predicted octanol–water partition coefficient (Wildman–Crippen LogP) is 34.3. The van der Waals surface area contributed by atoms with Crippen molar-refractivity contribution in [3.63, 3.8) is 0 Å². The number of carbonyl (C=O) groups excluding carboxylic acids is 6. The third-order valence-electron chi connectivity index (χ3n) is 28.5. The largest absolute Gasteiger partial charge is 1.00 e. The van der Waals surface area contributed by atoms with Crippen LogP contribution in [0.2, 0.25) is 0 Å². The molecule has 18 heteroatoms. The van der Waals surface area contributed by atoms with E-state index < -0.39 is 7.75 Å². The second-order valence-corrected chi connectivity index (χ2v) is 44.0. The summed E-state index contributed by atoms with van der Waals surface area (Å²) in [5.41, 5.74) is 5.96. The molecule has 850 valence electrons. The van der Waals surface area contributed by atoms with Crippen LogP contribution in [0, 0.1) is 0 Å². The smallest absolute Gasteiger partial charge is 0.325 e. The van der Waals surface area contributed by atoms with Crippen molar-refractivity contribution in [2.45, 2.75) is 641 Å². The van der Waals surface area contributed by atoms with E-state index in [4.69, 9.17) is 14.4 Å². The Hall–Kier alpha value is -5.07. The monoisotopic (exact) mass is 2180 g/mol. The molecular formula is C129H233IN7O9P. The molecule has 0 aliphatic rings. The minimum Gasteiger partial charge on any atom is -1.00 e. The van der Waals surface area contributed by atoms with E-state index in [1.807, 2.05) is 67.1 Å². The second-order valence-electron chi connectivity index (χ2n) is 42.9. The van der Waals surface area contributed by atoms with Gasteiger partial charge < -0.3 is 43.8 Å². The molecule has 0 fully saturated rings. The maximum absolute atomic E-state index is 13.3. The number of nitrogens with two attached hydrogens (primary N) is 1. The van der Waals surface area contributed by atoms with Gasteiger partial charge in [-0.1, -0.05) is 443 Å². The number of allylic oxidation sites excluding steroid dienone is 12. The lowest BCUT2D eigenvalue weighted by atomic mass is 10.1. The summed E-state index contributed by atoms with van der Waals surface area (Å²) in [7, 11) is 1.15. The normalized spacial score (nSPS) is 11.7. The summed E-state index contributed by atoms with van der Waals surface area (Å²) in [5.74, 6) is 3.21. The Balaban J connectivity index is 0. The van der Waals surface area contributed by atoms with Gasteiger partial charge >= 0.3 is 17.5 Å². The van der Waals surface area contributed by atoms with Gasteiger partial charge in [0.2, 0.25) is 51.8 Å². The first kappa shape index (κ1) is 144. The van der Waals surface area contributed by atoms with E-state index in [9.17, 15) is 28.8 Å². The average molecular weight is 2180 g/mol. The summed E-state index contributed by atoms with van der Waals surface area (Å²) < 4.78 is 20.6. The molecule has 3 aromatic rings. The first-order valence-electron chi connectivity index (χ1n) is 62.4. The Morgan fingerprint density at radius 1 is 0.218 bits per heavy atom. The van der Waals surface area contributed by atoms with Crippen LogP contribution in [0.1, 0.15) is 684 Å². The standard InChI is InChI=1S/3C43H77N2O2.HI.H4NO3P/c3*1-5-8-10-12-14-16-18-20-22-24-26-28-30-32-34-36-41(46)40-39-44(4)43(45(40)38-7-3)42(47)37-35-33-31-29-27-25-23-21-19-17-15-13-11-9-6-2;;1-5(2,3)4/h3*20-23,39H,5-19,24-38H2,1-4H3;1H;(H4,1,2,3,4)/q3*+1;;/p-3/b3*22-20-,23-21-;;. The van der Waals surface area contributed by atoms with Crippen molar-refractivity contribution in [2.75, 3.05) is 0 Å². The van der Waals surface area contributed by atoms with E-state index in [-0.39, 0.29) is 58.7 Å². The lowest BCUT2D eigenvalue weighted by Crippen LogP contribution is -3.00. The van der Waals surface area contributed by atoms with E-state index in [0.717, 1.165) is 133 Å². The molecule has 0 aliphatic carbocycles. The molecular weight excluding hydrogens is 1950 g/mol. The van der Waals surface area contributed by atoms with Gasteiger partial charge in [0.15, 0.2) is 0 Å². The first-order chi connectivity index (χ1) is 71.2. The molecule has 0 saturated carbocycles. The number of carbonyl (C=O) groups is 6. The fourth-order valence-corrected chi connectivity index (χ4v) is 19.8. The van der Waals surface area contributed by atoms with Gasteiger partial charge in [0.05, 0.1) is 40.8 Å². The summed E-state index contributed by atoms with van der Waals surface area (Å²) in [6.45, 7) is 22.2. The number of ketones is 6. The quantitative estimate of drug-likeness (QED) is 0.0141. The van der Waals surface area contributed by atoms with Gasteiger partial charge in [0, 0.05) is 38.5 Å². The molecule has 3 rings (SSSR count). The molecule has 0 spiro atoms. The van der Waals surface area contributed by atoms with E-state index >= 15 is 0 Å². The average Bonchev–Trinajstić information content (AvgIpc) is 1.66. The second kappa shape index (κ2) is 108. The molecule has 0 bridgehead atoms. The van der Waals surface area contributed by atoms with Crippen LogP contribution < -0.4 is 53.0 Å². The van der Waals surface area contributed by atoms with Gasteiger partial charge in [-0.2, -0.15) is 0 Å². The van der Waals surface area contributed by atoms with Gasteiger partial charge in [0.25, 0.3) is 0 Å². The Labute approximate surface area is 923 Å². The number of aromatic nitrogens is 6. The molecule has 0 saturated heterocycles. The molecule has 3 aromatic heterocycles. The van der Waals surface area contributed by atoms with Crippen molar-refractivity contribution in [2.24, 2.45) is 26.6 Å². The maximum atomic E-state index is 13.3. The molecule has 16 nitrogen and oxygen atoms in total. The molecule has 0 radical (unpaired) electrons. The lowest BCUT2D eigenvalue weighted by Gasteiger charge is -2.21. The van der Waals surface area contributed by atoms with Crippen LogP contribution in [0.15, 0.2) is 91.5 Å². The molecule has 0 unspecified atom stereocenters. The number of imidazole rings is 3. The Morgan fingerprint density at radius 2 is 0.333 bits per heavy atom. The zero-order valence-electron chi connectivity index (χ0n) is 98.1. The Bertz CT molecular complexity index is 3440. The van der Waals surface area contributed by atoms with Crippen LogP contribution in [0.4, 0.5) is 0 Å². The first-order valence-corrected chi connectivity index (χ1v) is 64.0. The number of halogens is 1. The highest BCUT2D eigenvalue weighted by atomic mass is 127. The minimum absolute atomic E-state index is 0. The fraction of sp³-hybridized carbons (Fsp3) is 0.791. The molecule has 0 aliphatic heterocycles. The number of hydrogen-bond acceptors (Lipinski definition) is 9. The van der Waals surface area contributed by atoms with Gasteiger partial charge in [0.1, 0.15) is 18.6 Å². The van der Waals surface area contributed by atoms with Crippen LogP contribution >= 0.6 is 7.75 Å². The number of rotatable bonds is 102. The van der Waals surface area contributed by atoms with Crippen molar-refractivity contribution in [3.8, 4) is 0 Å². The van der Waals surface area contributed by atoms with Crippen molar-refractivity contribution in [1.82, 2.24) is 13.7 Å². The molecule has 0 atom stereocenters. The maximum Gasteiger partial charge on any atom is 0.325 e. The van der Waals surface area contributed by atoms with Gasteiger partial charge in [-0.15, -0.1) is 0 Å². The third-order valence-corrected chi connectivity index (χ3v) is 28.5. The topological polar surface area (TPSA) is 218 Å². The van der Waals surface area contributed by atoms with Gasteiger partial charge in [-0.3, -0.25) is 28.8 Å². The van der Waals surface area contributed by atoms with Crippen molar-refractivity contribution >= 4 is 42.4 Å². The predicted molar refractivity (Wildman–Crippen MR) is 622 cm³/mol. The van der Waals surface area contributed by atoms with Gasteiger partial charge in [-0.05, 0) is 220 Å². The highest BCUT2D eigenvalue weighted by Gasteiger charge is 2.33. The van der Waals surface area contributed by atoms with Crippen LogP contribution in [-0.4, -0.2) is 48.4 Å². The molecule has 0 amide bonds. The molecule has 147 heavy (non-hydrogen) atoms. The number of unbranched alkanes of at least 4 members (excludes halogenated alkanes) is 66. The number of hydrogen-bond donors (Lipinski definition) is 1. The van der Waals surface area contributed by atoms with Crippen LogP contribution in [0.3, 0.4) is 0 Å². The Morgan fingerprint density at radius 3 is 0.463 bits per heavy atom. The zero-order valence-corrected chi connectivity index (χ0v) is 101. The van der Waals surface area contributed by atoms with E-state index in [1.165, 1.54) is 424 Å². The summed E-state index contributed by atoms with van der Waals surface area (Å²) in [6, 6.07) is 0. The SMILES string of the molecule is CCCCCCCC/C=C\CCCCCCCC(=O)c1c[n+](C)c(C(=O)CCCCCCC/C=C\CCCCCCCC)n1CCC.CCCCCCCC/C=C\CCCCCCCC(=O)c1c[n+](C)c(C(=O)CCCCCCC/C=C\CCCCCCCC)n1CCC.CCCCCCCC/C=C\CCCCCCCC(=O)c1c[n+](C)c(C(=O)CCCCCCC/C=C\CCCCCCCC)n1CCC.NP(=O)([O-])[O-].[I-]. The van der Waals surface area contributed by atoms with E-state index in [1.54, 1.807) is 0 Å². The number of nitrogens with zero attached hydrogens (tertiary/aromatic N) is 6. The third kappa shape index (κ3) is 85.9. The minimum atomic E-state index is -4.64. The highest BCUT2D eigenvalue weighted by molar-refractivity contribution is 7.46. The summed E-state index contributed by atoms with van der Waals surface area (Å²) in [4.78, 5) is 97.2. The molecule has 3 heterocycles. The highest BCUT2D eigenvalue weighted by Crippen LogP contribution is 2.24. The summed E-state index contributed by atoms with van der Waals surface area (Å²) >= 11 is 0. The van der Waals surface area contributed by atoms with Crippen molar-refractivity contribution in [3.05, 3.63) is 126 Å². The molecule has 0 aromatic carbocycles. The van der Waals surface area contributed by atoms with E-state index in [0.29, 0.717) is 56.0 Å². The zero-order chi connectivity index (χ0) is 107. The molecule has 2 N–H and O–H groups in total. The van der Waals surface area contributed by atoms with Crippen LogP contribution in [0.25, 0.3) is 0 Å². The number of Topliss-reactive ketones (excluding diaryl/α,β-unsaturated/α-hetero) is 6. The Kier molecular flexibility index (Phi) is 106. The van der Waals surface area contributed by atoms with E-state index in [2.05, 4.69) is 141 Å². The van der Waals surface area contributed by atoms with Crippen LogP contribution in [-0.2, 0) is 45.3 Å². The number of aryl methyl sites for hydroxylation is 3.